The van der Waals surface area contributed by atoms with Crippen LogP contribution in [-0.2, 0) is 0 Å². The third kappa shape index (κ3) is 5.45. The molecule has 0 radical (unpaired) electrons. The number of hydrogen-bond donors (Lipinski definition) is 0. The molecule has 5 heteroatoms. The fourth-order valence-corrected chi connectivity index (χ4v) is 6.78. The number of rotatable bonds is 7. The highest BCUT2D eigenvalue weighted by Gasteiger charge is 2.20. The molecule has 0 N–H and O–H groups in total. The third-order valence-corrected chi connectivity index (χ3v) is 9.19. The Morgan fingerprint density at radius 3 is 1.60 bits per heavy atom. The molecule has 0 unspecified atom stereocenters. The molecule has 5 nitrogen and oxygen atoms in total. The summed E-state index contributed by atoms with van der Waals surface area (Å²) in [5, 5.41) is 2.07. The summed E-state index contributed by atoms with van der Waals surface area (Å²) >= 11 is 0. The second-order valence-corrected chi connectivity index (χ2v) is 12.3. The number of benzene rings is 6. The maximum atomic E-state index is 6.83. The van der Waals surface area contributed by atoms with Crippen LogP contribution in [0.2, 0.25) is 0 Å². The molecule has 1 aliphatic rings. The lowest BCUT2D eigenvalue weighted by Crippen LogP contribution is -2.17. The number of para-hydroxylation sites is 3. The summed E-state index contributed by atoms with van der Waals surface area (Å²) in [5.74, 6) is 1.81. The van der Waals surface area contributed by atoms with Crippen molar-refractivity contribution in [2.75, 3.05) is 4.90 Å². The van der Waals surface area contributed by atoms with Gasteiger partial charge in [0.2, 0.25) is 0 Å². The fourth-order valence-electron chi connectivity index (χ4n) is 6.78. The molecule has 8 aromatic rings. The molecular weight excluding hydrogens is 613 g/mol. The molecule has 0 saturated carbocycles. The highest BCUT2D eigenvalue weighted by molar-refractivity contribution is 6.12. The lowest BCUT2D eigenvalue weighted by Gasteiger charge is -2.29. The van der Waals surface area contributed by atoms with Gasteiger partial charge in [-0.05, 0) is 54.8 Å². The van der Waals surface area contributed by atoms with Crippen LogP contribution in [0.4, 0.5) is 11.4 Å². The number of hydrogen-bond acceptors (Lipinski definition) is 5. The van der Waals surface area contributed by atoms with Gasteiger partial charge in [-0.1, -0.05) is 133 Å². The topological polar surface area (TPSA) is 55.1 Å². The van der Waals surface area contributed by atoms with Gasteiger partial charge in [-0.3, -0.25) is 0 Å². The van der Waals surface area contributed by atoms with Crippen LogP contribution < -0.4 is 4.90 Å². The van der Waals surface area contributed by atoms with Gasteiger partial charge in [0.25, 0.3) is 0 Å². The van der Waals surface area contributed by atoms with Crippen molar-refractivity contribution < 1.29 is 4.42 Å². The Balaban J connectivity index is 1.16. The first-order valence-electron chi connectivity index (χ1n) is 16.9. The van der Waals surface area contributed by atoms with Gasteiger partial charge in [0, 0.05) is 44.5 Å². The van der Waals surface area contributed by atoms with Crippen LogP contribution in [0, 0.1) is 0 Å². The van der Waals surface area contributed by atoms with E-state index in [1.807, 2.05) is 66.7 Å². The Labute approximate surface area is 290 Å². The molecule has 6 aromatic carbocycles. The molecule has 2 aromatic heterocycles. The molecule has 238 valence electrons. The Hall–Kier alpha value is -6.59. The SMILES string of the molecule is C1=CCCC(N(c2ccccc2)c2ccc(-c3cccc4c3oc3c(-c5nc(-c6ccccc6)nc(-c6ccccc6)n5)cccc34)cc2)=C1. The summed E-state index contributed by atoms with van der Waals surface area (Å²) in [5.41, 5.74) is 9.95. The molecule has 0 aliphatic heterocycles. The molecule has 0 fully saturated rings. The summed E-state index contributed by atoms with van der Waals surface area (Å²) in [6, 6.07) is 52.0. The second kappa shape index (κ2) is 12.8. The second-order valence-electron chi connectivity index (χ2n) is 12.3. The van der Waals surface area contributed by atoms with Crippen LogP contribution in [0.5, 0.6) is 0 Å². The minimum Gasteiger partial charge on any atom is -0.455 e. The average Bonchev–Trinajstić information content (AvgIpc) is 3.59. The summed E-state index contributed by atoms with van der Waals surface area (Å²) in [6.07, 6.45) is 8.63. The number of furan rings is 1. The van der Waals surface area contributed by atoms with Crippen LogP contribution in [0.3, 0.4) is 0 Å². The van der Waals surface area contributed by atoms with E-state index in [-0.39, 0.29) is 0 Å². The molecule has 0 bridgehead atoms. The summed E-state index contributed by atoms with van der Waals surface area (Å²) in [4.78, 5) is 17.2. The molecule has 1 aliphatic carbocycles. The quantitative estimate of drug-likeness (QED) is 0.173. The third-order valence-electron chi connectivity index (χ3n) is 9.19. The van der Waals surface area contributed by atoms with E-state index in [0.29, 0.717) is 17.5 Å². The number of fused-ring (bicyclic) bond motifs is 3. The van der Waals surface area contributed by atoms with Crippen molar-refractivity contribution in [1.82, 2.24) is 15.0 Å². The zero-order valence-electron chi connectivity index (χ0n) is 27.3. The van der Waals surface area contributed by atoms with Gasteiger partial charge in [0.15, 0.2) is 17.5 Å². The Morgan fingerprint density at radius 2 is 1.00 bits per heavy atom. The standard InChI is InChI=1S/C45H32N4O/c1-5-15-32(16-6-1)43-46-44(33-17-7-2-8-18-33)48-45(47-43)40-26-14-25-39-38-24-13-23-37(41(38)50-42(39)40)31-27-29-36(30-28-31)49(34-19-9-3-10-20-34)35-21-11-4-12-22-35/h1-11,13-21,23-30H,12,22H2. The van der Waals surface area contributed by atoms with Crippen molar-refractivity contribution in [1.29, 1.82) is 0 Å². The van der Waals surface area contributed by atoms with Crippen LogP contribution in [0.15, 0.2) is 180 Å². The van der Waals surface area contributed by atoms with Crippen molar-refractivity contribution in [2.24, 2.45) is 0 Å². The number of aromatic nitrogens is 3. The normalized spacial score (nSPS) is 12.7. The summed E-state index contributed by atoms with van der Waals surface area (Å²) < 4.78 is 6.83. The van der Waals surface area contributed by atoms with Crippen LogP contribution in [0.1, 0.15) is 12.8 Å². The van der Waals surface area contributed by atoms with Gasteiger partial charge in [0.1, 0.15) is 11.2 Å². The van der Waals surface area contributed by atoms with Crippen molar-refractivity contribution in [3.63, 3.8) is 0 Å². The Morgan fingerprint density at radius 1 is 0.460 bits per heavy atom. The molecule has 0 amide bonds. The maximum Gasteiger partial charge on any atom is 0.167 e. The van der Waals surface area contributed by atoms with E-state index >= 15 is 0 Å². The lowest BCUT2D eigenvalue weighted by molar-refractivity contribution is 0.670. The average molecular weight is 645 g/mol. The van der Waals surface area contributed by atoms with E-state index in [9.17, 15) is 0 Å². The Kier molecular flexibility index (Phi) is 7.56. The molecule has 9 rings (SSSR count). The van der Waals surface area contributed by atoms with Gasteiger partial charge in [-0.15, -0.1) is 0 Å². The zero-order valence-corrected chi connectivity index (χ0v) is 27.3. The summed E-state index contributed by atoms with van der Waals surface area (Å²) in [6.45, 7) is 0. The number of anilines is 2. The largest absolute Gasteiger partial charge is 0.455 e. The van der Waals surface area contributed by atoms with E-state index in [4.69, 9.17) is 19.4 Å². The number of allylic oxidation sites excluding steroid dienone is 4. The van der Waals surface area contributed by atoms with Gasteiger partial charge >= 0.3 is 0 Å². The Bertz CT molecular complexity index is 2460. The monoisotopic (exact) mass is 644 g/mol. The molecule has 0 atom stereocenters. The fraction of sp³-hybridized carbons (Fsp3) is 0.0444. The van der Waals surface area contributed by atoms with Gasteiger partial charge < -0.3 is 9.32 Å². The highest BCUT2D eigenvalue weighted by atomic mass is 16.3. The number of nitrogens with zero attached hydrogens (tertiary/aromatic N) is 4. The smallest absolute Gasteiger partial charge is 0.167 e. The van der Waals surface area contributed by atoms with E-state index in [2.05, 4.69) is 108 Å². The molecule has 50 heavy (non-hydrogen) atoms. The lowest BCUT2D eigenvalue weighted by atomic mass is 10.0. The predicted octanol–water partition coefficient (Wildman–Crippen LogP) is 11.8. The van der Waals surface area contributed by atoms with E-state index in [0.717, 1.165) is 74.0 Å². The first kappa shape index (κ1) is 29.5. The van der Waals surface area contributed by atoms with Gasteiger partial charge in [-0.25, -0.2) is 15.0 Å². The van der Waals surface area contributed by atoms with E-state index in [1.165, 1.54) is 5.70 Å². The van der Waals surface area contributed by atoms with E-state index < -0.39 is 0 Å². The zero-order chi connectivity index (χ0) is 33.3. The van der Waals surface area contributed by atoms with Crippen molar-refractivity contribution >= 4 is 33.3 Å². The van der Waals surface area contributed by atoms with Crippen molar-refractivity contribution in [2.45, 2.75) is 12.8 Å². The molecule has 0 spiro atoms. The van der Waals surface area contributed by atoms with Crippen LogP contribution in [-0.4, -0.2) is 15.0 Å². The minimum absolute atomic E-state index is 0.570. The van der Waals surface area contributed by atoms with E-state index in [1.54, 1.807) is 0 Å². The highest BCUT2D eigenvalue weighted by Crippen LogP contribution is 2.41. The van der Waals surface area contributed by atoms with Gasteiger partial charge in [0.05, 0.1) is 5.56 Å². The molecule has 2 heterocycles. The van der Waals surface area contributed by atoms with Crippen molar-refractivity contribution in [3.05, 3.63) is 176 Å². The maximum absolute atomic E-state index is 6.83. The van der Waals surface area contributed by atoms with Crippen LogP contribution >= 0.6 is 0 Å². The van der Waals surface area contributed by atoms with Gasteiger partial charge in [-0.2, -0.15) is 0 Å². The first-order chi connectivity index (χ1) is 24.8. The predicted molar refractivity (Wildman–Crippen MR) is 204 cm³/mol. The first-order valence-corrected chi connectivity index (χ1v) is 16.9. The van der Waals surface area contributed by atoms with Crippen LogP contribution in [0.25, 0.3) is 67.2 Å². The molecule has 0 saturated heterocycles. The minimum atomic E-state index is 0.570. The summed E-state index contributed by atoms with van der Waals surface area (Å²) in [7, 11) is 0. The molecular formula is C45H32N4O. The van der Waals surface area contributed by atoms with Crippen molar-refractivity contribution in [3.8, 4) is 45.3 Å².